The van der Waals surface area contributed by atoms with Crippen LogP contribution < -0.4 is 5.32 Å². The first-order chi connectivity index (χ1) is 8.52. The van der Waals surface area contributed by atoms with Crippen molar-refractivity contribution < 1.29 is 14.3 Å². The van der Waals surface area contributed by atoms with Gasteiger partial charge in [-0.2, -0.15) is 0 Å². The number of aryl methyl sites for hydroxylation is 1. The maximum atomic E-state index is 13.5. The summed E-state index contributed by atoms with van der Waals surface area (Å²) in [5.41, 5.74) is 0.531. The van der Waals surface area contributed by atoms with E-state index in [0.29, 0.717) is 23.0 Å². The molecule has 5 heteroatoms. The summed E-state index contributed by atoms with van der Waals surface area (Å²) in [4.78, 5) is 11.5. The molecule has 0 aliphatic carbocycles. The molecule has 0 saturated heterocycles. The fourth-order valence-corrected chi connectivity index (χ4v) is 1.75. The molecule has 0 spiro atoms. The molecule has 18 heavy (non-hydrogen) atoms. The highest BCUT2D eigenvalue weighted by molar-refractivity contribution is 9.10. The predicted molar refractivity (Wildman–Crippen MR) is 71.7 cm³/mol. The minimum absolute atomic E-state index is 0.0402. The molecule has 0 heterocycles. The van der Waals surface area contributed by atoms with E-state index >= 15 is 0 Å². The van der Waals surface area contributed by atoms with Crippen LogP contribution in [0, 0.1) is 11.7 Å². The van der Waals surface area contributed by atoms with Gasteiger partial charge in [-0.15, -0.1) is 0 Å². The molecule has 1 amide bonds. The van der Waals surface area contributed by atoms with E-state index < -0.39 is 0 Å². The van der Waals surface area contributed by atoms with Crippen LogP contribution in [0.1, 0.15) is 18.9 Å². The Morgan fingerprint density at radius 3 is 2.89 bits per heavy atom. The number of hydrogen-bond acceptors (Lipinski definition) is 2. The number of hydrogen-bond donors (Lipinski definition) is 2. The number of carbonyl (C=O) groups excluding carboxylic acids is 1. The van der Waals surface area contributed by atoms with Crippen molar-refractivity contribution in [3.8, 4) is 0 Å². The summed E-state index contributed by atoms with van der Waals surface area (Å²) in [5, 5.41) is 11.5. The molecule has 0 aromatic heterocycles. The quantitative estimate of drug-likeness (QED) is 0.845. The molecule has 2 N–H and O–H groups in total. The zero-order valence-corrected chi connectivity index (χ0v) is 11.8. The van der Waals surface area contributed by atoms with E-state index in [4.69, 9.17) is 5.11 Å². The lowest BCUT2D eigenvalue weighted by Crippen LogP contribution is -2.29. The van der Waals surface area contributed by atoms with Gasteiger partial charge in [-0.25, -0.2) is 4.39 Å². The van der Waals surface area contributed by atoms with Gasteiger partial charge >= 0.3 is 0 Å². The van der Waals surface area contributed by atoms with Gasteiger partial charge in [0.2, 0.25) is 5.91 Å². The van der Waals surface area contributed by atoms with Crippen molar-refractivity contribution >= 4 is 21.8 Å². The summed E-state index contributed by atoms with van der Waals surface area (Å²) in [6.07, 6.45) is 0.620. The number of benzene rings is 1. The Bertz CT molecular complexity index is 412. The molecule has 1 unspecified atom stereocenters. The van der Waals surface area contributed by atoms with Crippen LogP contribution in [-0.4, -0.2) is 24.2 Å². The average Bonchev–Trinajstić information content (AvgIpc) is 2.34. The highest BCUT2D eigenvalue weighted by Gasteiger charge is 2.07. The lowest BCUT2D eigenvalue weighted by molar-refractivity contribution is -0.121. The molecule has 3 nitrogen and oxygen atoms in total. The molecule has 0 aliphatic heterocycles. The van der Waals surface area contributed by atoms with E-state index in [2.05, 4.69) is 21.2 Å². The van der Waals surface area contributed by atoms with Crippen LogP contribution in [-0.2, 0) is 11.2 Å². The second-order valence-electron chi connectivity index (χ2n) is 4.33. The van der Waals surface area contributed by atoms with Crippen LogP contribution >= 0.6 is 15.9 Å². The molecule has 0 radical (unpaired) electrons. The Kier molecular flexibility index (Phi) is 6.29. The fourth-order valence-electron chi connectivity index (χ4n) is 1.41. The maximum Gasteiger partial charge on any atom is 0.220 e. The van der Waals surface area contributed by atoms with Gasteiger partial charge < -0.3 is 10.4 Å². The highest BCUT2D eigenvalue weighted by Crippen LogP contribution is 2.16. The highest BCUT2D eigenvalue weighted by atomic mass is 79.9. The summed E-state index contributed by atoms with van der Waals surface area (Å²) in [6.45, 7) is 2.33. The molecule has 100 valence electrons. The first kappa shape index (κ1) is 15.1. The predicted octanol–water partition coefficient (Wildman–Crippen LogP) is 2.27. The summed E-state index contributed by atoms with van der Waals surface area (Å²) >= 11 is 3.18. The first-order valence-corrected chi connectivity index (χ1v) is 6.63. The molecule has 0 aliphatic rings. The van der Waals surface area contributed by atoms with Crippen molar-refractivity contribution in [2.45, 2.75) is 19.8 Å². The lowest BCUT2D eigenvalue weighted by atomic mass is 10.1. The third-order valence-electron chi connectivity index (χ3n) is 2.60. The Morgan fingerprint density at radius 2 is 2.28 bits per heavy atom. The molecule has 1 aromatic carbocycles. The average molecular weight is 318 g/mol. The van der Waals surface area contributed by atoms with Crippen molar-refractivity contribution in [3.63, 3.8) is 0 Å². The van der Waals surface area contributed by atoms with E-state index in [1.54, 1.807) is 12.1 Å². The van der Waals surface area contributed by atoms with Gasteiger partial charge in [0.1, 0.15) is 5.82 Å². The van der Waals surface area contributed by atoms with E-state index in [1.165, 1.54) is 6.07 Å². The third-order valence-corrected chi connectivity index (χ3v) is 3.09. The molecular weight excluding hydrogens is 301 g/mol. The van der Waals surface area contributed by atoms with Gasteiger partial charge in [0.05, 0.1) is 0 Å². The SMILES string of the molecule is CC(CO)CNC(=O)CCc1ccc(Br)cc1F. The zero-order valence-electron chi connectivity index (χ0n) is 10.2. The monoisotopic (exact) mass is 317 g/mol. The first-order valence-electron chi connectivity index (χ1n) is 5.84. The van der Waals surface area contributed by atoms with Crippen LogP contribution in [0.3, 0.4) is 0 Å². The fraction of sp³-hybridized carbons (Fsp3) is 0.462. The number of aliphatic hydroxyl groups is 1. The molecule has 0 fully saturated rings. The Balaban J connectivity index is 2.38. The largest absolute Gasteiger partial charge is 0.396 e. The van der Waals surface area contributed by atoms with Crippen molar-refractivity contribution in [3.05, 3.63) is 34.1 Å². The standard InChI is InChI=1S/C13H17BrFNO2/c1-9(8-17)7-16-13(18)5-3-10-2-4-11(14)6-12(10)15/h2,4,6,9,17H,3,5,7-8H2,1H3,(H,16,18). The zero-order chi connectivity index (χ0) is 13.5. The number of aliphatic hydroxyl groups excluding tert-OH is 1. The van der Waals surface area contributed by atoms with E-state index in [1.807, 2.05) is 6.92 Å². The topological polar surface area (TPSA) is 49.3 Å². The van der Waals surface area contributed by atoms with Gasteiger partial charge in [-0.3, -0.25) is 4.79 Å². The molecule has 1 aromatic rings. The van der Waals surface area contributed by atoms with E-state index in [-0.39, 0.29) is 30.7 Å². The second-order valence-corrected chi connectivity index (χ2v) is 5.24. The molecular formula is C13H17BrFNO2. The maximum absolute atomic E-state index is 13.5. The van der Waals surface area contributed by atoms with E-state index in [0.717, 1.165) is 0 Å². The van der Waals surface area contributed by atoms with Crippen molar-refractivity contribution in [2.24, 2.45) is 5.92 Å². The van der Waals surface area contributed by atoms with Crippen molar-refractivity contribution in [1.82, 2.24) is 5.32 Å². The van der Waals surface area contributed by atoms with Crippen LogP contribution in [0.2, 0.25) is 0 Å². The van der Waals surface area contributed by atoms with Crippen LogP contribution in [0.5, 0.6) is 0 Å². The number of rotatable bonds is 6. The third kappa shape index (κ3) is 5.14. The van der Waals surface area contributed by atoms with Crippen molar-refractivity contribution in [1.29, 1.82) is 0 Å². The Hall–Kier alpha value is -0.940. The number of halogens is 2. The molecule has 0 bridgehead atoms. The van der Waals surface area contributed by atoms with Crippen LogP contribution in [0.15, 0.2) is 22.7 Å². The molecule has 0 saturated carbocycles. The minimum Gasteiger partial charge on any atom is -0.396 e. The summed E-state index contributed by atoms with van der Waals surface area (Å²) in [7, 11) is 0. The molecule has 1 rings (SSSR count). The summed E-state index contributed by atoms with van der Waals surface area (Å²) in [5.74, 6) is -0.392. The second kappa shape index (κ2) is 7.48. The summed E-state index contributed by atoms with van der Waals surface area (Å²) < 4.78 is 14.2. The smallest absolute Gasteiger partial charge is 0.220 e. The normalized spacial score (nSPS) is 12.2. The Labute approximate surface area is 115 Å². The number of nitrogens with one attached hydrogen (secondary N) is 1. The number of amides is 1. The summed E-state index contributed by atoms with van der Waals surface area (Å²) in [6, 6.07) is 4.81. The van der Waals surface area contributed by atoms with Crippen molar-refractivity contribution in [2.75, 3.05) is 13.2 Å². The van der Waals surface area contributed by atoms with Gasteiger partial charge in [0.15, 0.2) is 0 Å². The molecule has 1 atom stereocenters. The van der Waals surface area contributed by atoms with E-state index in [9.17, 15) is 9.18 Å². The van der Waals surface area contributed by atoms with Gasteiger partial charge in [0.25, 0.3) is 0 Å². The van der Waals surface area contributed by atoms with Crippen LogP contribution in [0.4, 0.5) is 4.39 Å². The van der Waals surface area contributed by atoms with Gasteiger partial charge in [-0.05, 0) is 30.0 Å². The van der Waals surface area contributed by atoms with Crippen LogP contribution in [0.25, 0.3) is 0 Å². The van der Waals surface area contributed by atoms with Gasteiger partial charge in [0, 0.05) is 24.0 Å². The lowest BCUT2D eigenvalue weighted by Gasteiger charge is -2.09. The minimum atomic E-state index is -0.305. The number of carbonyl (C=O) groups is 1. The van der Waals surface area contributed by atoms with Gasteiger partial charge in [-0.1, -0.05) is 28.9 Å². The Morgan fingerprint density at radius 1 is 1.56 bits per heavy atom.